The van der Waals surface area contributed by atoms with Gasteiger partial charge in [0.1, 0.15) is 5.56 Å². The second-order valence-electron chi connectivity index (χ2n) is 6.47. The predicted octanol–water partition coefficient (Wildman–Crippen LogP) is 4.40. The molecule has 150 valence electrons. The lowest BCUT2D eigenvalue weighted by molar-refractivity contribution is -0.123. The number of carbonyl (C=O) groups is 2. The molecule has 0 heterocycles. The van der Waals surface area contributed by atoms with Gasteiger partial charge >= 0.3 is 5.97 Å². The molecular formula is C22H27NO5. The average Bonchev–Trinajstić information content (AvgIpc) is 2.72. The van der Waals surface area contributed by atoms with Gasteiger partial charge in [-0.25, -0.2) is 4.79 Å². The van der Waals surface area contributed by atoms with Crippen LogP contribution >= 0.6 is 0 Å². The van der Waals surface area contributed by atoms with E-state index in [2.05, 4.69) is 19.2 Å². The van der Waals surface area contributed by atoms with E-state index in [0.29, 0.717) is 11.7 Å². The van der Waals surface area contributed by atoms with Crippen LogP contribution in [0.2, 0.25) is 0 Å². The molecule has 0 aromatic heterocycles. The summed E-state index contributed by atoms with van der Waals surface area (Å²) in [6.45, 7) is 5.73. The summed E-state index contributed by atoms with van der Waals surface area (Å²) >= 11 is 0. The maximum absolute atomic E-state index is 12.6. The number of hydrogen-bond donors (Lipinski definition) is 1. The molecule has 2 atom stereocenters. The molecule has 6 heteroatoms. The first-order chi connectivity index (χ1) is 13.4. The van der Waals surface area contributed by atoms with E-state index < -0.39 is 18.0 Å². The minimum absolute atomic E-state index is 0.196. The molecular weight excluding hydrogens is 358 g/mol. The van der Waals surface area contributed by atoms with Gasteiger partial charge < -0.3 is 19.5 Å². The van der Waals surface area contributed by atoms with Crippen molar-refractivity contribution in [2.75, 3.05) is 19.5 Å². The van der Waals surface area contributed by atoms with Crippen molar-refractivity contribution in [3.8, 4) is 11.5 Å². The van der Waals surface area contributed by atoms with Crippen molar-refractivity contribution < 1.29 is 23.8 Å². The molecule has 2 rings (SSSR count). The van der Waals surface area contributed by atoms with Crippen molar-refractivity contribution in [2.45, 2.75) is 39.2 Å². The van der Waals surface area contributed by atoms with Crippen LogP contribution < -0.4 is 14.8 Å². The maximum Gasteiger partial charge on any atom is 0.342 e. The smallest absolute Gasteiger partial charge is 0.342 e. The number of hydrogen-bond acceptors (Lipinski definition) is 5. The number of amides is 1. The van der Waals surface area contributed by atoms with Gasteiger partial charge in [0, 0.05) is 5.69 Å². The minimum atomic E-state index is -0.978. The topological polar surface area (TPSA) is 73.9 Å². The van der Waals surface area contributed by atoms with Crippen molar-refractivity contribution in [1.29, 1.82) is 0 Å². The van der Waals surface area contributed by atoms with Crippen LogP contribution in [0.5, 0.6) is 11.5 Å². The summed E-state index contributed by atoms with van der Waals surface area (Å²) in [5.74, 6) is -0.0729. The molecule has 0 aliphatic heterocycles. The molecule has 28 heavy (non-hydrogen) atoms. The second-order valence-corrected chi connectivity index (χ2v) is 6.47. The quantitative estimate of drug-likeness (QED) is 0.682. The van der Waals surface area contributed by atoms with E-state index in [1.54, 1.807) is 18.2 Å². The maximum atomic E-state index is 12.6. The number of benzene rings is 2. The highest BCUT2D eigenvalue weighted by molar-refractivity contribution is 5.99. The Morgan fingerprint density at radius 2 is 1.71 bits per heavy atom. The fraction of sp³-hybridized carbons (Fsp3) is 0.364. The third-order valence-electron chi connectivity index (χ3n) is 4.64. The number of rotatable bonds is 8. The predicted molar refractivity (Wildman–Crippen MR) is 108 cm³/mol. The van der Waals surface area contributed by atoms with E-state index in [9.17, 15) is 9.59 Å². The number of methoxy groups -OCH3 is 2. The number of para-hydroxylation sites is 2. The molecule has 1 N–H and O–H groups in total. The van der Waals surface area contributed by atoms with Crippen molar-refractivity contribution in [3.05, 3.63) is 53.6 Å². The summed E-state index contributed by atoms with van der Waals surface area (Å²) in [5, 5.41) is 2.86. The summed E-state index contributed by atoms with van der Waals surface area (Å²) < 4.78 is 15.8. The van der Waals surface area contributed by atoms with Crippen molar-refractivity contribution >= 4 is 17.6 Å². The first kappa shape index (κ1) is 21.3. The van der Waals surface area contributed by atoms with Gasteiger partial charge in [-0.2, -0.15) is 0 Å². The Bertz CT molecular complexity index is 833. The Hall–Kier alpha value is -3.02. The fourth-order valence-electron chi connectivity index (χ4n) is 2.82. The third kappa shape index (κ3) is 4.82. The van der Waals surface area contributed by atoms with Gasteiger partial charge in [-0.15, -0.1) is 0 Å². The highest BCUT2D eigenvalue weighted by Gasteiger charge is 2.24. The summed E-state index contributed by atoms with van der Waals surface area (Å²) in [7, 11) is 2.92. The number of nitrogens with one attached hydrogen (secondary N) is 1. The molecule has 0 saturated carbocycles. The first-order valence-electron chi connectivity index (χ1n) is 9.24. The molecule has 0 aliphatic carbocycles. The molecule has 2 aromatic rings. The molecule has 0 aliphatic rings. The van der Waals surface area contributed by atoms with Crippen LogP contribution in [0.25, 0.3) is 0 Å². The monoisotopic (exact) mass is 385 g/mol. The van der Waals surface area contributed by atoms with Gasteiger partial charge in [0.15, 0.2) is 17.6 Å². The Balaban J connectivity index is 2.13. The normalized spacial score (nSPS) is 12.6. The van der Waals surface area contributed by atoms with Gasteiger partial charge in [0.05, 0.1) is 14.2 Å². The molecule has 2 aromatic carbocycles. The summed E-state index contributed by atoms with van der Waals surface area (Å²) in [5.41, 5.74) is 1.97. The Morgan fingerprint density at radius 3 is 2.36 bits per heavy atom. The Morgan fingerprint density at radius 1 is 1.00 bits per heavy atom. The lowest BCUT2D eigenvalue weighted by atomic mass is 9.97. The average molecular weight is 385 g/mol. The summed E-state index contributed by atoms with van der Waals surface area (Å²) in [6.07, 6.45) is -0.0269. The fourth-order valence-corrected chi connectivity index (χ4v) is 2.82. The molecule has 6 nitrogen and oxygen atoms in total. The largest absolute Gasteiger partial charge is 0.493 e. The van der Waals surface area contributed by atoms with Gasteiger partial charge in [0.2, 0.25) is 0 Å². The van der Waals surface area contributed by atoms with E-state index in [0.717, 1.165) is 17.7 Å². The van der Waals surface area contributed by atoms with Crippen LogP contribution in [0.3, 0.4) is 0 Å². The van der Waals surface area contributed by atoms with Crippen LogP contribution in [0, 0.1) is 0 Å². The van der Waals surface area contributed by atoms with Crippen LogP contribution in [0.1, 0.15) is 49.0 Å². The molecule has 0 spiro atoms. The number of ether oxygens (including phenoxy) is 3. The van der Waals surface area contributed by atoms with Gasteiger partial charge in [-0.1, -0.05) is 38.1 Å². The molecule has 0 saturated heterocycles. The standard InChI is InChI=1S/C22H27NO5/c1-6-14(2)16-10-7-8-12-18(16)23-21(24)15(3)28-22(25)17-11-9-13-19(26-4)20(17)27-5/h7-15H,6H2,1-5H3,(H,23,24)/t14-,15+/m1/s1. The van der Waals surface area contributed by atoms with Crippen LogP contribution in [0.4, 0.5) is 5.69 Å². The highest BCUT2D eigenvalue weighted by Crippen LogP contribution is 2.31. The zero-order valence-corrected chi connectivity index (χ0v) is 16.9. The Labute approximate surface area is 165 Å². The molecule has 0 radical (unpaired) electrons. The third-order valence-corrected chi connectivity index (χ3v) is 4.64. The van der Waals surface area contributed by atoms with E-state index in [1.165, 1.54) is 21.1 Å². The van der Waals surface area contributed by atoms with Gasteiger partial charge in [-0.05, 0) is 43.0 Å². The lowest BCUT2D eigenvalue weighted by Gasteiger charge is -2.18. The van der Waals surface area contributed by atoms with Crippen LogP contribution in [-0.4, -0.2) is 32.2 Å². The molecule has 1 amide bonds. The molecule has 0 unspecified atom stereocenters. The lowest BCUT2D eigenvalue weighted by Crippen LogP contribution is -2.30. The first-order valence-corrected chi connectivity index (χ1v) is 9.24. The zero-order valence-electron chi connectivity index (χ0n) is 16.9. The summed E-state index contributed by atoms with van der Waals surface area (Å²) in [4.78, 5) is 25.1. The van der Waals surface area contributed by atoms with E-state index in [-0.39, 0.29) is 11.3 Å². The van der Waals surface area contributed by atoms with Crippen molar-refractivity contribution in [2.24, 2.45) is 0 Å². The number of carbonyl (C=O) groups excluding carboxylic acids is 2. The number of anilines is 1. The van der Waals surface area contributed by atoms with E-state index >= 15 is 0 Å². The summed E-state index contributed by atoms with van der Waals surface area (Å²) in [6, 6.07) is 12.5. The second kappa shape index (κ2) is 9.78. The SMILES string of the molecule is CC[C@@H](C)c1ccccc1NC(=O)[C@H](C)OC(=O)c1cccc(OC)c1OC. The molecule has 0 fully saturated rings. The highest BCUT2D eigenvalue weighted by atomic mass is 16.6. The van der Waals surface area contributed by atoms with Crippen molar-refractivity contribution in [1.82, 2.24) is 0 Å². The van der Waals surface area contributed by atoms with Crippen LogP contribution in [0.15, 0.2) is 42.5 Å². The number of esters is 1. The molecule has 0 bridgehead atoms. The zero-order chi connectivity index (χ0) is 20.7. The van der Waals surface area contributed by atoms with E-state index in [1.807, 2.05) is 24.3 Å². The minimum Gasteiger partial charge on any atom is -0.493 e. The Kier molecular flexibility index (Phi) is 7.44. The van der Waals surface area contributed by atoms with Gasteiger partial charge in [-0.3, -0.25) is 4.79 Å². The van der Waals surface area contributed by atoms with Crippen LogP contribution in [-0.2, 0) is 9.53 Å². The van der Waals surface area contributed by atoms with Gasteiger partial charge in [0.25, 0.3) is 5.91 Å². The van der Waals surface area contributed by atoms with E-state index in [4.69, 9.17) is 14.2 Å². The van der Waals surface area contributed by atoms with Crippen molar-refractivity contribution in [3.63, 3.8) is 0 Å².